The van der Waals surface area contributed by atoms with Crippen molar-refractivity contribution in [3.63, 3.8) is 0 Å². The Kier molecular flexibility index (Phi) is 5.24. The number of rotatable bonds is 4. The zero-order valence-electron chi connectivity index (χ0n) is 15.0. The molecule has 0 spiro atoms. The van der Waals surface area contributed by atoms with Gasteiger partial charge in [0.2, 0.25) is 0 Å². The molecule has 4 rings (SSSR count). The second-order valence-corrected chi connectivity index (χ2v) is 7.01. The molecule has 6 nitrogen and oxygen atoms in total. The summed E-state index contributed by atoms with van der Waals surface area (Å²) in [6.07, 6.45) is 8.41. The molecule has 0 aromatic carbocycles. The van der Waals surface area contributed by atoms with E-state index in [-0.39, 0.29) is 5.82 Å². The maximum atomic E-state index is 13.8. The van der Waals surface area contributed by atoms with E-state index in [1.807, 2.05) is 0 Å². The quantitative estimate of drug-likeness (QED) is 0.838. The first-order chi connectivity index (χ1) is 12.8. The first-order valence-corrected chi connectivity index (χ1v) is 9.42. The van der Waals surface area contributed by atoms with Crippen LogP contribution in [-0.2, 0) is 6.54 Å². The van der Waals surface area contributed by atoms with Crippen LogP contribution in [0.25, 0.3) is 0 Å². The van der Waals surface area contributed by atoms with Crippen molar-refractivity contribution in [1.82, 2.24) is 19.9 Å². The van der Waals surface area contributed by atoms with Gasteiger partial charge in [-0.2, -0.15) is 0 Å². The lowest BCUT2D eigenvalue weighted by molar-refractivity contribution is 0.246. The average molecular weight is 356 g/mol. The van der Waals surface area contributed by atoms with E-state index < -0.39 is 0 Å². The van der Waals surface area contributed by atoms with Gasteiger partial charge in [0, 0.05) is 63.6 Å². The maximum Gasteiger partial charge on any atom is 0.145 e. The molecule has 26 heavy (non-hydrogen) atoms. The van der Waals surface area contributed by atoms with Crippen molar-refractivity contribution in [1.29, 1.82) is 0 Å². The highest BCUT2D eigenvalue weighted by molar-refractivity contribution is 5.50. The van der Waals surface area contributed by atoms with Crippen LogP contribution in [-0.4, -0.2) is 59.1 Å². The Balaban J connectivity index is 1.36. The van der Waals surface area contributed by atoms with Crippen LogP contribution in [0.3, 0.4) is 0 Å². The van der Waals surface area contributed by atoms with Crippen molar-refractivity contribution in [3.05, 3.63) is 42.2 Å². The average Bonchev–Trinajstić information content (AvgIpc) is 2.71. The molecule has 0 N–H and O–H groups in total. The van der Waals surface area contributed by atoms with Crippen LogP contribution in [0.2, 0.25) is 0 Å². The molecule has 2 aromatic heterocycles. The predicted molar refractivity (Wildman–Crippen MR) is 99.8 cm³/mol. The highest BCUT2D eigenvalue weighted by Crippen LogP contribution is 2.22. The Hall–Kier alpha value is -2.28. The van der Waals surface area contributed by atoms with Crippen LogP contribution in [0.5, 0.6) is 0 Å². The van der Waals surface area contributed by atoms with Crippen LogP contribution in [0, 0.1) is 5.82 Å². The van der Waals surface area contributed by atoms with Gasteiger partial charge in [0.15, 0.2) is 0 Å². The van der Waals surface area contributed by atoms with Gasteiger partial charge in [-0.3, -0.25) is 9.88 Å². The summed E-state index contributed by atoms with van der Waals surface area (Å²) in [6, 6.07) is 3.88. The molecule has 0 atom stereocenters. The molecule has 2 aliphatic heterocycles. The molecule has 2 fully saturated rings. The van der Waals surface area contributed by atoms with Gasteiger partial charge in [-0.15, -0.1) is 0 Å². The van der Waals surface area contributed by atoms with Crippen LogP contribution in [0.15, 0.2) is 30.9 Å². The molecule has 0 unspecified atom stereocenters. The topological polar surface area (TPSA) is 48.4 Å². The summed E-state index contributed by atoms with van der Waals surface area (Å²) >= 11 is 0. The van der Waals surface area contributed by atoms with Gasteiger partial charge < -0.3 is 9.80 Å². The normalized spacial score (nSPS) is 19.0. The van der Waals surface area contributed by atoms with E-state index in [0.717, 1.165) is 50.9 Å². The standard InChI is InChI=1S/C19H25FN6/c20-17-13-21-5-4-16(17)14-24-8-10-26(11-9-24)19-12-18(22-15-23-19)25-6-2-1-3-7-25/h4-5,12-13,15H,1-3,6-11,14H2. The SMILES string of the molecule is Fc1cnccc1CN1CCN(c2cc(N3CCCCC3)ncn2)CC1. The minimum atomic E-state index is -0.225. The Morgan fingerprint density at radius 2 is 1.58 bits per heavy atom. The number of anilines is 2. The summed E-state index contributed by atoms with van der Waals surface area (Å²) in [5.41, 5.74) is 0.711. The lowest BCUT2D eigenvalue weighted by Crippen LogP contribution is -2.46. The van der Waals surface area contributed by atoms with E-state index in [9.17, 15) is 4.39 Å². The monoisotopic (exact) mass is 356 g/mol. The number of piperidine rings is 1. The van der Waals surface area contributed by atoms with Crippen molar-refractivity contribution >= 4 is 11.6 Å². The van der Waals surface area contributed by atoms with Gasteiger partial charge in [-0.1, -0.05) is 0 Å². The molecular formula is C19H25FN6. The Morgan fingerprint density at radius 3 is 2.27 bits per heavy atom. The largest absolute Gasteiger partial charge is 0.356 e. The Bertz CT molecular complexity index is 725. The molecular weight excluding hydrogens is 331 g/mol. The number of aromatic nitrogens is 3. The number of pyridine rings is 1. The summed E-state index contributed by atoms with van der Waals surface area (Å²) < 4.78 is 13.8. The van der Waals surface area contributed by atoms with Crippen molar-refractivity contribution in [2.24, 2.45) is 0 Å². The van der Waals surface area contributed by atoms with E-state index in [4.69, 9.17) is 0 Å². The molecule has 138 valence electrons. The van der Waals surface area contributed by atoms with Gasteiger partial charge in [0.25, 0.3) is 0 Å². The molecule has 4 heterocycles. The van der Waals surface area contributed by atoms with Crippen molar-refractivity contribution in [2.45, 2.75) is 25.8 Å². The van der Waals surface area contributed by atoms with E-state index >= 15 is 0 Å². The Morgan fingerprint density at radius 1 is 0.885 bits per heavy atom. The molecule has 0 saturated carbocycles. The molecule has 7 heteroatoms. The van der Waals surface area contributed by atoms with Crippen LogP contribution in [0.1, 0.15) is 24.8 Å². The van der Waals surface area contributed by atoms with Gasteiger partial charge in [-0.05, 0) is 25.3 Å². The number of nitrogens with zero attached hydrogens (tertiary/aromatic N) is 6. The third-order valence-electron chi connectivity index (χ3n) is 5.26. The molecule has 2 aliphatic rings. The molecule has 2 aromatic rings. The fourth-order valence-electron chi connectivity index (χ4n) is 3.71. The molecule has 0 aliphatic carbocycles. The smallest absolute Gasteiger partial charge is 0.145 e. The zero-order chi connectivity index (χ0) is 17.8. The minimum absolute atomic E-state index is 0.225. The van der Waals surface area contributed by atoms with E-state index in [1.165, 1.54) is 25.5 Å². The molecule has 2 saturated heterocycles. The summed E-state index contributed by atoms with van der Waals surface area (Å²) in [5, 5.41) is 0. The summed E-state index contributed by atoms with van der Waals surface area (Å²) in [6.45, 7) is 6.37. The van der Waals surface area contributed by atoms with E-state index in [0.29, 0.717) is 12.1 Å². The number of hydrogen-bond donors (Lipinski definition) is 0. The van der Waals surface area contributed by atoms with Crippen molar-refractivity contribution < 1.29 is 4.39 Å². The van der Waals surface area contributed by atoms with Gasteiger partial charge in [-0.25, -0.2) is 14.4 Å². The second-order valence-electron chi connectivity index (χ2n) is 7.01. The lowest BCUT2D eigenvalue weighted by atomic mass is 10.1. The zero-order valence-corrected chi connectivity index (χ0v) is 15.0. The van der Waals surface area contributed by atoms with Gasteiger partial charge in [0.05, 0.1) is 6.20 Å². The minimum Gasteiger partial charge on any atom is -0.356 e. The lowest BCUT2D eigenvalue weighted by Gasteiger charge is -2.36. The first kappa shape index (κ1) is 17.1. The van der Waals surface area contributed by atoms with E-state index in [2.05, 4.69) is 35.7 Å². The summed E-state index contributed by atoms with van der Waals surface area (Å²) in [7, 11) is 0. The second kappa shape index (κ2) is 7.95. The Labute approximate surface area is 153 Å². The fraction of sp³-hybridized carbons (Fsp3) is 0.526. The number of halogens is 1. The third-order valence-corrected chi connectivity index (χ3v) is 5.26. The van der Waals surface area contributed by atoms with Crippen molar-refractivity contribution in [3.8, 4) is 0 Å². The fourth-order valence-corrected chi connectivity index (χ4v) is 3.71. The molecule has 0 radical (unpaired) electrons. The van der Waals surface area contributed by atoms with Crippen molar-refractivity contribution in [2.75, 3.05) is 49.1 Å². The number of hydrogen-bond acceptors (Lipinski definition) is 6. The highest BCUT2D eigenvalue weighted by atomic mass is 19.1. The van der Waals surface area contributed by atoms with Gasteiger partial charge >= 0.3 is 0 Å². The van der Waals surface area contributed by atoms with Crippen LogP contribution < -0.4 is 9.80 Å². The van der Waals surface area contributed by atoms with E-state index in [1.54, 1.807) is 18.6 Å². The first-order valence-electron chi connectivity index (χ1n) is 9.42. The van der Waals surface area contributed by atoms with Crippen LogP contribution in [0.4, 0.5) is 16.0 Å². The van der Waals surface area contributed by atoms with Gasteiger partial charge in [0.1, 0.15) is 23.8 Å². The summed E-state index contributed by atoms with van der Waals surface area (Å²) in [5.74, 6) is 1.81. The maximum absolute atomic E-state index is 13.8. The predicted octanol–water partition coefficient (Wildman–Crippen LogP) is 2.32. The molecule has 0 bridgehead atoms. The summed E-state index contributed by atoms with van der Waals surface area (Å²) in [4.78, 5) is 19.7. The number of piperazine rings is 1. The van der Waals surface area contributed by atoms with Crippen LogP contribution >= 0.6 is 0 Å². The highest BCUT2D eigenvalue weighted by Gasteiger charge is 2.20. The molecule has 0 amide bonds. The third kappa shape index (κ3) is 3.93.